The Labute approximate surface area is 109 Å². The first-order chi connectivity index (χ1) is 8.58. The van der Waals surface area contributed by atoms with Crippen LogP contribution in [-0.4, -0.2) is 14.9 Å². The molecule has 2 rings (SSSR count). The highest BCUT2D eigenvalue weighted by molar-refractivity contribution is 9.10. The van der Waals surface area contributed by atoms with Gasteiger partial charge in [-0.3, -0.25) is 10.1 Å². The molecule has 2 aromatic rings. The zero-order valence-electron chi connectivity index (χ0n) is 8.71. The van der Waals surface area contributed by atoms with Gasteiger partial charge in [-0.2, -0.15) is 0 Å². The zero-order chi connectivity index (χ0) is 13.1. The van der Waals surface area contributed by atoms with Crippen molar-refractivity contribution in [2.24, 2.45) is 0 Å². The Bertz CT molecular complexity index is 609. The van der Waals surface area contributed by atoms with E-state index >= 15 is 0 Å². The Morgan fingerprint density at radius 3 is 2.89 bits per heavy atom. The Hall–Kier alpha value is -2.09. The third-order valence-electron chi connectivity index (χ3n) is 1.96. The normalized spacial score (nSPS) is 10.1. The molecule has 0 N–H and O–H groups in total. The first-order valence-corrected chi connectivity index (χ1v) is 5.44. The molecule has 0 saturated heterocycles. The highest BCUT2D eigenvalue weighted by Gasteiger charge is 2.18. The molecule has 1 heterocycles. The molecule has 0 aliphatic carbocycles. The van der Waals surface area contributed by atoms with E-state index in [0.29, 0.717) is 4.47 Å². The van der Waals surface area contributed by atoms with Crippen LogP contribution in [0, 0.1) is 15.9 Å². The predicted molar refractivity (Wildman–Crippen MR) is 62.9 cm³/mol. The number of nitro benzene ring substituents is 1. The van der Waals surface area contributed by atoms with Gasteiger partial charge in [-0.25, -0.2) is 14.4 Å². The lowest BCUT2D eigenvalue weighted by molar-refractivity contribution is -0.385. The van der Waals surface area contributed by atoms with Crippen LogP contribution in [0.5, 0.6) is 11.6 Å². The smallest absolute Gasteiger partial charge is 0.311 e. The number of nitro groups is 1. The minimum absolute atomic E-state index is 0.0682. The number of halogens is 2. The monoisotopic (exact) mass is 313 g/mol. The molecule has 0 unspecified atom stereocenters. The molecular formula is C10H5BrFN3O3. The van der Waals surface area contributed by atoms with E-state index in [1.807, 2.05) is 0 Å². The van der Waals surface area contributed by atoms with Crippen LogP contribution in [0.2, 0.25) is 0 Å². The van der Waals surface area contributed by atoms with Crippen LogP contribution in [0.1, 0.15) is 0 Å². The minimum Gasteiger partial charge on any atom is -0.430 e. The van der Waals surface area contributed by atoms with Crippen LogP contribution in [0.15, 0.2) is 35.2 Å². The molecular weight excluding hydrogens is 309 g/mol. The average Bonchev–Trinajstić information content (AvgIpc) is 2.32. The molecule has 0 atom stereocenters. The van der Waals surface area contributed by atoms with E-state index < -0.39 is 10.7 Å². The lowest BCUT2D eigenvalue weighted by Crippen LogP contribution is -1.96. The second-order valence-corrected chi connectivity index (χ2v) is 4.00. The average molecular weight is 314 g/mol. The highest BCUT2D eigenvalue weighted by Crippen LogP contribution is 2.33. The SMILES string of the molecule is O=[N+]([O-])c1ccc(F)cc1Oc1ncncc1Br. The fraction of sp³-hybridized carbons (Fsp3) is 0. The van der Waals surface area contributed by atoms with Gasteiger partial charge in [0.25, 0.3) is 0 Å². The quantitative estimate of drug-likeness (QED) is 0.642. The molecule has 18 heavy (non-hydrogen) atoms. The first kappa shape index (κ1) is 12.4. The number of hydrogen-bond acceptors (Lipinski definition) is 5. The summed E-state index contributed by atoms with van der Waals surface area (Å²) in [6.07, 6.45) is 2.62. The number of aromatic nitrogens is 2. The van der Waals surface area contributed by atoms with E-state index in [-0.39, 0.29) is 17.3 Å². The summed E-state index contributed by atoms with van der Waals surface area (Å²) >= 11 is 3.12. The summed E-state index contributed by atoms with van der Waals surface area (Å²) in [5.74, 6) is -0.793. The van der Waals surface area contributed by atoms with Crippen LogP contribution in [0.25, 0.3) is 0 Å². The van der Waals surface area contributed by atoms with Crippen LogP contribution in [0.4, 0.5) is 10.1 Å². The lowest BCUT2D eigenvalue weighted by Gasteiger charge is -2.06. The Morgan fingerprint density at radius 1 is 1.44 bits per heavy atom. The third-order valence-corrected chi connectivity index (χ3v) is 2.50. The molecule has 8 heteroatoms. The summed E-state index contributed by atoms with van der Waals surface area (Å²) in [5, 5.41) is 10.8. The molecule has 1 aromatic carbocycles. The second kappa shape index (κ2) is 5.05. The molecule has 0 bridgehead atoms. The second-order valence-electron chi connectivity index (χ2n) is 3.15. The topological polar surface area (TPSA) is 78.2 Å². The van der Waals surface area contributed by atoms with Crippen LogP contribution >= 0.6 is 15.9 Å². The van der Waals surface area contributed by atoms with Crippen molar-refractivity contribution in [1.29, 1.82) is 0 Å². The van der Waals surface area contributed by atoms with Crippen molar-refractivity contribution < 1.29 is 14.1 Å². The molecule has 6 nitrogen and oxygen atoms in total. The van der Waals surface area contributed by atoms with Gasteiger partial charge in [-0.1, -0.05) is 0 Å². The van der Waals surface area contributed by atoms with Crippen molar-refractivity contribution in [3.05, 3.63) is 51.1 Å². The summed E-state index contributed by atoms with van der Waals surface area (Å²) in [4.78, 5) is 17.6. The molecule has 1 aromatic heterocycles. The maximum atomic E-state index is 13.1. The largest absolute Gasteiger partial charge is 0.430 e. The Balaban J connectivity index is 2.42. The molecule has 0 aliphatic heterocycles. The van der Waals surface area contributed by atoms with Crippen molar-refractivity contribution in [2.75, 3.05) is 0 Å². The molecule has 0 saturated carbocycles. The molecule has 0 fully saturated rings. The summed E-state index contributed by atoms with van der Waals surface area (Å²) in [6, 6.07) is 2.94. The van der Waals surface area contributed by atoms with E-state index in [0.717, 1.165) is 18.2 Å². The molecule has 0 radical (unpaired) electrons. The number of nitrogens with zero attached hydrogens (tertiary/aromatic N) is 3. The van der Waals surface area contributed by atoms with Crippen molar-refractivity contribution in [1.82, 2.24) is 9.97 Å². The van der Waals surface area contributed by atoms with Crippen LogP contribution < -0.4 is 4.74 Å². The van der Waals surface area contributed by atoms with Gasteiger partial charge in [0.05, 0.1) is 9.40 Å². The van der Waals surface area contributed by atoms with E-state index in [2.05, 4.69) is 25.9 Å². The fourth-order valence-electron chi connectivity index (χ4n) is 1.20. The van der Waals surface area contributed by atoms with Gasteiger partial charge in [0, 0.05) is 18.3 Å². The van der Waals surface area contributed by atoms with Gasteiger partial charge < -0.3 is 4.74 Å². The van der Waals surface area contributed by atoms with Gasteiger partial charge >= 0.3 is 5.69 Å². The maximum absolute atomic E-state index is 13.1. The summed E-state index contributed by atoms with van der Waals surface area (Å²) in [7, 11) is 0. The Kier molecular flexibility index (Phi) is 3.47. The number of hydrogen-bond donors (Lipinski definition) is 0. The molecule has 92 valence electrons. The van der Waals surface area contributed by atoms with Gasteiger partial charge in [0.1, 0.15) is 12.1 Å². The van der Waals surface area contributed by atoms with Gasteiger partial charge in [-0.15, -0.1) is 0 Å². The molecule has 0 amide bonds. The number of ether oxygens (including phenoxy) is 1. The van der Waals surface area contributed by atoms with Crippen molar-refractivity contribution in [2.45, 2.75) is 0 Å². The van der Waals surface area contributed by atoms with Crippen LogP contribution in [-0.2, 0) is 0 Å². The molecule has 0 spiro atoms. The first-order valence-electron chi connectivity index (χ1n) is 4.65. The van der Waals surface area contributed by atoms with Crippen molar-refractivity contribution in [3.63, 3.8) is 0 Å². The fourth-order valence-corrected chi connectivity index (χ4v) is 1.50. The highest BCUT2D eigenvalue weighted by atomic mass is 79.9. The number of rotatable bonds is 3. The van der Waals surface area contributed by atoms with E-state index in [1.165, 1.54) is 12.5 Å². The van der Waals surface area contributed by atoms with E-state index in [1.54, 1.807) is 0 Å². The molecule has 0 aliphatic rings. The number of benzene rings is 1. The van der Waals surface area contributed by atoms with Crippen molar-refractivity contribution >= 4 is 21.6 Å². The van der Waals surface area contributed by atoms with E-state index in [4.69, 9.17) is 4.74 Å². The predicted octanol–water partition coefficient (Wildman–Crippen LogP) is 3.08. The Morgan fingerprint density at radius 2 is 2.22 bits per heavy atom. The van der Waals surface area contributed by atoms with Crippen LogP contribution in [0.3, 0.4) is 0 Å². The third kappa shape index (κ3) is 2.59. The van der Waals surface area contributed by atoms with Crippen molar-refractivity contribution in [3.8, 4) is 11.6 Å². The maximum Gasteiger partial charge on any atom is 0.311 e. The van der Waals surface area contributed by atoms with Gasteiger partial charge in [0.2, 0.25) is 11.6 Å². The summed E-state index contributed by atoms with van der Waals surface area (Å²) in [5.41, 5.74) is -0.345. The standard InChI is InChI=1S/C10H5BrFN3O3/c11-7-4-13-5-14-10(7)18-9-3-6(12)1-2-8(9)15(16)17/h1-5H. The van der Waals surface area contributed by atoms with E-state index in [9.17, 15) is 14.5 Å². The van der Waals surface area contributed by atoms with Gasteiger partial charge in [0.15, 0.2) is 0 Å². The minimum atomic E-state index is -0.663. The van der Waals surface area contributed by atoms with Gasteiger partial charge in [-0.05, 0) is 22.0 Å². The summed E-state index contributed by atoms with van der Waals surface area (Å²) < 4.78 is 18.7. The zero-order valence-corrected chi connectivity index (χ0v) is 10.3. The lowest BCUT2D eigenvalue weighted by atomic mass is 10.3. The summed E-state index contributed by atoms with van der Waals surface area (Å²) in [6.45, 7) is 0.